The van der Waals surface area contributed by atoms with Crippen LogP contribution in [0.3, 0.4) is 0 Å². The van der Waals surface area contributed by atoms with Gasteiger partial charge < -0.3 is 0 Å². The summed E-state index contributed by atoms with van der Waals surface area (Å²) in [5.74, 6) is 0. The minimum atomic E-state index is 0.809. The zero-order chi connectivity index (χ0) is 4.57. The van der Waals surface area contributed by atoms with Crippen molar-refractivity contribution in [2.24, 2.45) is 0 Å². The molecule has 1 rings (SSSR count). The van der Waals surface area contributed by atoms with Crippen molar-refractivity contribution < 1.29 is 0 Å². The van der Waals surface area contributed by atoms with E-state index in [4.69, 9.17) is 0 Å². The van der Waals surface area contributed by atoms with E-state index >= 15 is 0 Å². The summed E-state index contributed by atoms with van der Waals surface area (Å²) in [6.45, 7) is 4.47. The van der Waals surface area contributed by atoms with Gasteiger partial charge in [0, 0.05) is 12.3 Å². The van der Waals surface area contributed by atoms with E-state index in [0.29, 0.717) is 0 Å². The molecule has 0 radical (unpaired) electrons. The number of hydrogen-bond donors (Lipinski definition) is 0. The van der Waals surface area contributed by atoms with Crippen LogP contribution in [0.5, 0.6) is 0 Å². The lowest BCUT2D eigenvalue weighted by atomic mass is 10.4. The van der Waals surface area contributed by atoms with E-state index in [0.717, 1.165) is 14.8 Å². The van der Waals surface area contributed by atoms with Crippen LogP contribution in [0.1, 0.15) is 13.8 Å². The second-order valence-corrected chi connectivity index (χ2v) is 3.09. The van der Waals surface area contributed by atoms with Gasteiger partial charge in [-0.05, 0) is 22.6 Å². The Balaban J connectivity index is 2.13. The van der Waals surface area contributed by atoms with Gasteiger partial charge in [0.25, 0.3) is 0 Å². The van der Waals surface area contributed by atoms with E-state index in [2.05, 4.69) is 18.5 Å². The predicted octanol–water partition coefficient (Wildman–Crippen LogP) is 1.26. The molecule has 2 atom stereocenters. The Morgan fingerprint density at radius 3 is 2.17 bits per heavy atom. The molecule has 1 heterocycles. The van der Waals surface area contributed by atoms with E-state index in [1.807, 2.05) is 0 Å². The number of nitrogens with zero attached hydrogens (tertiary/aromatic N) is 1. The van der Waals surface area contributed by atoms with Gasteiger partial charge in [-0.3, -0.25) is 4.67 Å². The van der Waals surface area contributed by atoms with Crippen LogP contribution in [0.2, 0.25) is 0 Å². The molecule has 0 aromatic rings. The van der Waals surface area contributed by atoms with Gasteiger partial charge in [0.05, 0.1) is 0 Å². The molecule has 36 valence electrons. The average Bonchev–Trinajstić information content (AvgIpc) is 2.06. The number of hydrogen-bond acceptors (Lipinski definition) is 1. The summed E-state index contributed by atoms with van der Waals surface area (Å²) in [6, 6.07) is 0.809. The molecule has 0 bridgehead atoms. The van der Waals surface area contributed by atoms with Crippen LogP contribution in [0.4, 0.5) is 0 Å². The van der Waals surface area contributed by atoms with Crippen LogP contribution in [0, 0.1) is 0 Å². The lowest BCUT2D eigenvalue weighted by Crippen LogP contribution is -2.04. The van der Waals surface area contributed by atoms with Crippen molar-refractivity contribution >= 4 is 8.73 Å². The molecule has 1 aliphatic rings. The van der Waals surface area contributed by atoms with Gasteiger partial charge in [-0.1, -0.05) is 0 Å². The fourth-order valence-electron chi connectivity index (χ4n) is 0.406. The molecule has 0 aromatic carbocycles. The van der Waals surface area contributed by atoms with Crippen LogP contribution in [0.25, 0.3) is 0 Å². The standard InChI is InChI=1S/C4H10NP/c1-4(2)5-3-6-5/h4,6H,3H2,1-2H3. The third-order valence-corrected chi connectivity index (χ3v) is 2.16. The van der Waals surface area contributed by atoms with Crippen molar-refractivity contribution in [3.05, 3.63) is 0 Å². The van der Waals surface area contributed by atoms with E-state index in [-0.39, 0.29) is 0 Å². The monoisotopic (exact) mass is 103 g/mol. The molecule has 1 aliphatic heterocycles. The first-order chi connectivity index (χ1) is 2.80. The lowest BCUT2D eigenvalue weighted by Gasteiger charge is -1.99. The molecule has 1 saturated heterocycles. The molecule has 0 N–H and O–H groups in total. The highest BCUT2D eigenvalue weighted by atomic mass is 31.1. The molecule has 0 saturated carbocycles. The quantitative estimate of drug-likeness (QED) is 0.356. The lowest BCUT2D eigenvalue weighted by molar-refractivity contribution is 0.516. The Hall–Kier alpha value is 0.390. The molecule has 2 heteroatoms. The van der Waals surface area contributed by atoms with Crippen molar-refractivity contribution in [2.75, 3.05) is 6.29 Å². The van der Waals surface area contributed by atoms with Crippen LogP contribution in [-0.2, 0) is 0 Å². The molecule has 0 aliphatic carbocycles. The normalized spacial score (nSPS) is 35.5. The van der Waals surface area contributed by atoms with Crippen LogP contribution < -0.4 is 0 Å². The minimum absolute atomic E-state index is 0.809. The predicted molar refractivity (Wildman–Crippen MR) is 30.2 cm³/mol. The molecular weight excluding hydrogens is 93.0 g/mol. The third kappa shape index (κ3) is 0.924. The molecule has 0 spiro atoms. The Labute approximate surface area is 40.6 Å². The van der Waals surface area contributed by atoms with Gasteiger partial charge in [-0.2, -0.15) is 0 Å². The van der Waals surface area contributed by atoms with E-state index in [1.165, 1.54) is 6.29 Å². The zero-order valence-corrected chi connectivity index (χ0v) is 5.23. The van der Waals surface area contributed by atoms with Crippen LogP contribution in [-0.4, -0.2) is 17.0 Å². The third-order valence-electron chi connectivity index (χ3n) is 0.964. The van der Waals surface area contributed by atoms with Crippen LogP contribution >= 0.6 is 8.73 Å². The summed E-state index contributed by atoms with van der Waals surface area (Å²) in [7, 11) is 1.14. The summed E-state index contributed by atoms with van der Waals surface area (Å²) in [5, 5.41) is 0. The van der Waals surface area contributed by atoms with Crippen molar-refractivity contribution in [1.82, 2.24) is 4.67 Å². The van der Waals surface area contributed by atoms with Gasteiger partial charge in [0.2, 0.25) is 0 Å². The first-order valence-corrected chi connectivity index (χ1v) is 3.46. The first kappa shape index (κ1) is 4.55. The fraction of sp³-hybridized carbons (Fsp3) is 1.00. The van der Waals surface area contributed by atoms with Gasteiger partial charge in [-0.25, -0.2) is 0 Å². The van der Waals surface area contributed by atoms with Gasteiger partial charge in [0.15, 0.2) is 0 Å². The Kier molecular flexibility index (Phi) is 1.12. The second kappa shape index (κ2) is 1.48. The van der Waals surface area contributed by atoms with Crippen molar-refractivity contribution in [1.29, 1.82) is 0 Å². The molecule has 2 unspecified atom stereocenters. The van der Waals surface area contributed by atoms with Crippen molar-refractivity contribution in [3.8, 4) is 0 Å². The fourth-order valence-corrected chi connectivity index (χ4v) is 1.22. The largest absolute Gasteiger partial charge is 0.276 e. The zero-order valence-electron chi connectivity index (χ0n) is 4.23. The van der Waals surface area contributed by atoms with Gasteiger partial charge >= 0.3 is 0 Å². The second-order valence-electron chi connectivity index (χ2n) is 1.88. The highest BCUT2D eigenvalue weighted by Crippen LogP contribution is 2.38. The summed E-state index contributed by atoms with van der Waals surface area (Å²) >= 11 is 0. The van der Waals surface area contributed by atoms with Gasteiger partial charge in [-0.15, -0.1) is 0 Å². The van der Waals surface area contributed by atoms with Crippen molar-refractivity contribution in [2.45, 2.75) is 19.9 Å². The molecule has 0 amide bonds. The number of rotatable bonds is 1. The highest BCUT2D eigenvalue weighted by molar-refractivity contribution is 7.42. The van der Waals surface area contributed by atoms with E-state index in [1.54, 1.807) is 0 Å². The first-order valence-electron chi connectivity index (χ1n) is 2.31. The van der Waals surface area contributed by atoms with E-state index in [9.17, 15) is 0 Å². The Morgan fingerprint density at radius 1 is 1.67 bits per heavy atom. The summed E-state index contributed by atoms with van der Waals surface area (Å²) in [4.78, 5) is 0. The maximum absolute atomic E-state index is 2.44. The van der Waals surface area contributed by atoms with Crippen LogP contribution in [0.15, 0.2) is 0 Å². The highest BCUT2D eigenvalue weighted by Gasteiger charge is 2.19. The minimum Gasteiger partial charge on any atom is -0.276 e. The van der Waals surface area contributed by atoms with E-state index < -0.39 is 0 Å². The molecule has 0 aromatic heterocycles. The topological polar surface area (TPSA) is 3.01 Å². The van der Waals surface area contributed by atoms with Crippen molar-refractivity contribution in [3.63, 3.8) is 0 Å². The van der Waals surface area contributed by atoms with Gasteiger partial charge in [0.1, 0.15) is 0 Å². The Bertz CT molecular complexity index is 49.5. The average molecular weight is 103 g/mol. The smallest absolute Gasteiger partial charge is 0.0329 e. The molecule has 6 heavy (non-hydrogen) atoms. The molecule has 1 fully saturated rings. The maximum Gasteiger partial charge on any atom is 0.0329 e. The summed E-state index contributed by atoms with van der Waals surface area (Å²) in [6.07, 6.45) is 1.36. The Morgan fingerprint density at radius 2 is 2.17 bits per heavy atom. The maximum atomic E-state index is 2.44. The summed E-state index contributed by atoms with van der Waals surface area (Å²) < 4.78 is 2.44. The SMILES string of the molecule is CC(C)N1CP1. The molecule has 1 nitrogen and oxygen atoms in total. The summed E-state index contributed by atoms with van der Waals surface area (Å²) in [5.41, 5.74) is 0. The molecular formula is C4H10NP.